The van der Waals surface area contributed by atoms with E-state index in [0.717, 1.165) is 12.8 Å². The first kappa shape index (κ1) is 18.5. The predicted molar refractivity (Wildman–Crippen MR) is 88.6 cm³/mol. The average molecular weight is 328 g/mol. The maximum Gasteiger partial charge on any atom is 0.410 e. The lowest BCUT2D eigenvalue weighted by molar-refractivity contribution is -0.0345. The highest BCUT2D eigenvalue weighted by atomic mass is 16.6. The van der Waals surface area contributed by atoms with Crippen molar-refractivity contribution in [2.24, 2.45) is 0 Å². The minimum atomic E-state index is -0.474. The highest BCUT2D eigenvalue weighted by Crippen LogP contribution is 2.21. The zero-order valence-electron chi connectivity index (χ0n) is 15.0. The Hall–Kier alpha value is -0.850. The van der Waals surface area contributed by atoms with Crippen LogP contribution in [0.2, 0.25) is 0 Å². The zero-order valence-corrected chi connectivity index (χ0v) is 15.0. The van der Waals surface area contributed by atoms with Gasteiger partial charge < -0.3 is 19.5 Å². The Morgan fingerprint density at radius 2 is 2.04 bits per heavy atom. The van der Waals surface area contributed by atoms with Gasteiger partial charge in [0.15, 0.2) is 0 Å². The highest BCUT2D eigenvalue weighted by molar-refractivity contribution is 5.68. The van der Waals surface area contributed by atoms with Crippen LogP contribution >= 0.6 is 0 Å². The van der Waals surface area contributed by atoms with Gasteiger partial charge in [-0.2, -0.15) is 0 Å². The average Bonchev–Trinajstić information content (AvgIpc) is 2.51. The van der Waals surface area contributed by atoms with Gasteiger partial charge in [0.1, 0.15) is 5.60 Å². The Balaban J connectivity index is 1.89. The molecule has 1 aliphatic heterocycles. The van der Waals surface area contributed by atoms with Gasteiger partial charge in [-0.25, -0.2) is 4.79 Å². The number of methoxy groups -OCH3 is 1. The molecule has 2 aliphatic rings. The number of hydrogen-bond donors (Lipinski definition) is 1. The Morgan fingerprint density at radius 1 is 1.30 bits per heavy atom. The van der Waals surface area contributed by atoms with Crippen molar-refractivity contribution in [2.75, 3.05) is 33.4 Å². The van der Waals surface area contributed by atoms with Crippen LogP contribution in [0.25, 0.3) is 0 Å². The molecule has 0 aromatic heterocycles. The van der Waals surface area contributed by atoms with Gasteiger partial charge in [-0.3, -0.25) is 4.90 Å². The molecule has 1 saturated heterocycles. The van der Waals surface area contributed by atoms with E-state index in [1.807, 2.05) is 20.8 Å². The maximum atomic E-state index is 12.4. The second-order valence-corrected chi connectivity index (χ2v) is 7.48. The Kier molecular flexibility index (Phi) is 6.68. The summed E-state index contributed by atoms with van der Waals surface area (Å²) >= 11 is 0. The van der Waals surface area contributed by atoms with Crippen LogP contribution in [0.5, 0.6) is 0 Å². The summed E-state index contributed by atoms with van der Waals surface area (Å²) in [6.07, 6.45) is 4.70. The van der Waals surface area contributed by atoms with Crippen molar-refractivity contribution >= 4 is 6.09 Å². The van der Waals surface area contributed by atoms with E-state index in [-0.39, 0.29) is 18.2 Å². The number of amides is 1. The minimum Gasteiger partial charge on any atom is -0.444 e. The third kappa shape index (κ3) is 5.62. The second kappa shape index (κ2) is 8.31. The van der Waals surface area contributed by atoms with Gasteiger partial charge in [-0.15, -0.1) is 0 Å². The van der Waals surface area contributed by atoms with Crippen molar-refractivity contribution in [1.29, 1.82) is 0 Å². The topological polar surface area (TPSA) is 60.0 Å². The Bertz CT molecular complexity index is 383. The molecule has 2 rings (SSSR count). The first-order valence-corrected chi connectivity index (χ1v) is 8.74. The summed E-state index contributed by atoms with van der Waals surface area (Å²) in [4.78, 5) is 14.2. The predicted octanol–water partition coefficient (Wildman–Crippen LogP) is 2.17. The first-order chi connectivity index (χ1) is 10.9. The third-order valence-electron chi connectivity index (χ3n) is 4.48. The second-order valence-electron chi connectivity index (χ2n) is 7.48. The van der Waals surface area contributed by atoms with E-state index in [2.05, 4.69) is 5.32 Å². The van der Waals surface area contributed by atoms with Crippen LogP contribution in [-0.2, 0) is 14.2 Å². The smallest absolute Gasteiger partial charge is 0.410 e. The molecule has 1 aliphatic carbocycles. The van der Waals surface area contributed by atoms with Gasteiger partial charge in [0.05, 0.1) is 25.4 Å². The Labute approximate surface area is 139 Å². The molecular weight excluding hydrogens is 296 g/mol. The summed E-state index contributed by atoms with van der Waals surface area (Å²) in [6.45, 7) is 8.09. The molecule has 6 nitrogen and oxygen atoms in total. The molecule has 0 aromatic carbocycles. The van der Waals surface area contributed by atoms with Gasteiger partial charge >= 0.3 is 6.09 Å². The van der Waals surface area contributed by atoms with Crippen LogP contribution in [0.1, 0.15) is 46.5 Å². The molecule has 0 radical (unpaired) electrons. The maximum absolute atomic E-state index is 12.4. The van der Waals surface area contributed by atoms with E-state index in [9.17, 15) is 4.79 Å². The molecule has 6 heteroatoms. The van der Waals surface area contributed by atoms with Crippen LogP contribution in [-0.4, -0.2) is 68.2 Å². The normalized spacial score (nSPS) is 29.4. The lowest BCUT2D eigenvalue weighted by atomic mass is 9.92. The van der Waals surface area contributed by atoms with E-state index >= 15 is 0 Å². The molecule has 3 atom stereocenters. The molecule has 1 amide bonds. The van der Waals surface area contributed by atoms with E-state index in [0.29, 0.717) is 32.3 Å². The number of rotatable bonds is 4. The minimum absolute atomic E-state index is 0.0121. The fourth-order valence-electron chi connectivity index (χ4n) is 3.28. The number of nitrogens with one attached hydrogen (secondary N) is 1. The number of ether oxygens (including phenoxy) is 3. The summed E-state index contributed by atoms with van der Waals surface area (Å²) in [6, 6.07) is 0.370. The van der Waals surface area contributed by atoms with Crippen molar-refractivity contribution < 1.29 is 19.0 Å². The fourth-order valence-corrected chi connectivity index (χ4v) is 3.28. The van der Waals surface area contributed by atoms with Gasteiger partial charge in [0, 0.05) is 26.2 Å². The van der Waals surface area contributed by atoms with Crippen LogP contribution in [0, 0.1) is 0 Å². The van der Waals surface area contributed by atoms with Crippen LogP contribution < -0.4 is 5.32 Å². The highest BCUT2D eigenvalue weighted by Gasteiger charge is 2.32. The molecule has 0 bridgehead atoms. The molecule has 1 N–H and O–H groups in total. The van der Waals surface area contributed by atoms with Crippen molar-refractivity contribution in [3.8, 4) is 0 Å². The van der Waals surface area contributed by atoms with E-state index < -0.39 is 5.60 Å². The fraction of sp³-hybridized carbons (Fsp3) is 0.941. The molecule has 0 aromatic rings. The van der Waals surface area contributed by atoms with Crippen molar-refractivity contribution in [1.82, 2.24) is 10.2 Å². The summed E-state index contributed by atoms with van der Waals surface area (Å²) < 4.78 is 16.7. The standard InChI is InChI=1S/C17H32N2O4/c1-17(2,3)23-16(20)19-9-10-22-12-13(19)11-18-14-7-5-6-8-15(14)21-4/h13-15,18H,5-12H2,1-4H3. The number of nitrogens with zero attached hydrogens (tertiary/aromatic N) is 1. The lowest BCUT2D eigenvalue weighted by Crippen LogP contribution is -2.56. The van der Waals surface area contributed by atoms with Crippen molar-refractivity contribution in [3.05, 3.63) is 0 Å². The van der Waals surface area contributed by atoms with Crippen LogP contribution in [0.4, 0.5) is 4.79 Å². The molecule has 2 fully saturated rings. The number of morpholine rings is 1. The van der Waals surface area contributed by atoms with Crippen molar-refractivity contribution in [3.63, 3.8) is 0 Å². The molecule has 0 spiro atoms. The zero-order chi connectivity index (χ0) is 16.9. The van der Waals surface area contributed by atoms with Gasteiger partial charge in [-0.1, -0.05) is 12.8 Å². The van der Waals surface area contributed by atoms with Gasteiger partial charge in [0.2, 0.25) is 0 Å². The van der Waals surface area contributed by atoms with Gasteiger partial charge in [-0.05, 0) is 33.6 Å². The van der Waals surface area contributed by atoms with E-state index in [1.54, 1.807) is 12.0 Å². The summed E-state index contributed by atoms with van der Waals surface area (Å²) in [5.74, 6) is 0. The third-order valence-corrected chi connectivity index (χ3v) is 4.48. The van der Waals surface area contributed by atoms with E-state index in [4.69, 9.17) is 14.2 Å². The number of hydrogen-bond acceptors (Lipinski definition) is 5. The molecule has 23 heavy (non-hydrogen) atoms. The molecule has 134 valence electrons. The van der Waals surface area contributed by atoms with E-state index in [1.165, 1.54) is 12.8 Å². The van der Waals surface area contributed by atoms with Gasteiger partial charge in [0.25, 0.3) is 0 Å². The summed E-state index contributed by atoms with van der Waals surface area (Å²) in [5.41, 5.74) is -0.474. The molecule has 1 saturated carbocycles. The molecule has 1 heterocycles. The summed E-state index contributed by atoms with van der Waals surface area (Å²) in [7, 11) is 1.78. The van der Waals surface area contributed by atoms with Crippen LogP contribution in [0.3, 0.4) is 0 Å². The molecule has 3 unspecified atom stereocenters. The number of carbonyl (C=O) groups excluding carboxylic acids is 1. The van der Waals surface area contributed by atoms with Crippen molar-refractivity contribution in [2.45, 2.75) is 70.2 Å². The molecular formula is C17H32N2O4. The number of carbonyl (C=O) groups is 1. The lowest BCUT2D eigenvalue weighted by Gasteiger charge is -2.38. The Morgan fingerprint density at radius 3 is 2.74 bits per heavy atom. The monoisotopic (exact) mass is 328 g/mol. The summed E-state index contributed by atoms with van der Waals surface area (Å²) in [5, 5.41) is 3.59. The largest absolute Gasteiger partial charge is 0.444 e. The van der Waals surface area contributed by atoms with Crippen LogP contribution in [0.15, 0.2) is 0 Å². The SMILES string of the molecule is COC1CCCCC1NCC1COCCN1C(=O)OC(C)(C)C. The quantitative estimate of drug-likeness (QED) is 0.857. The first-order valence-electron chi connectivity index (χ1n) is 8.74.